The molecule has 4 aliphatic carbocycles. The van der Waals surface area contributed by atoms with Gasteiger partial charge in [0, 0.05) is 5.92 Å². The fourth-order valence-electron chi connectivity index (χ4n) is 6.74. The monoisotopic (exact) mass is 311 g/mol. The van der Waals surface area contributed by atoms with Crippen molar-refractivity contribution in [2.45, 2.75) is 58.3 Å². The highest BCUT2D eigenvalue weighted by molar-refractivity contribution is 5.96. The van der Waals surface area contributed by atoms with Crippen LogP contribution in [-0.2, 0) is 0 Å². The first kappa shape index (κ1) is 15.3. The molecule has 1 unspecified atom stereocenters. The zero-order chi connectivity index (χ0) is 16.0. The van der Waals surface area contributed by atoms with E-state index in [-0.39, 0.29) is 0 Å². The number of rotatable bonds is 1. The standard InChI is InChI=1S/C21H29NO/c1-3-13-12-21-18(16(13)4-2)9-10-19-17-8-6-15(22-23)11-14(17)5-7-20(19)21/h2,11,13,16-21,23H,3,5-10,12H2,1H3/t13?,16-,17+,18-,19-,20-,21-/m1/s1. The zero-order valence-electron chi connectivity index (χ0n) is 14.2. The fraction of sp³-hybridized carbons (Fsp3) is 0.762. The number of oxime groups is 1. The minimum absolute atomic E-state index is 0.544. The van der Waals surface area contributed by atoms with Gasteiger partial charge in [0.2, 0.25) is 0 Å². The maximum absolute atomic E-state index is 9.07. The largest absolute Gasteiger partial charge is 0.411 e. The van der Waals surface area contributed by atoms with Gasteiger partial charge in [0.25, 0.3) is 0 Å². The summed E-state index contributed by atoms with van der Waals surface area (Å²) >= 11 is 0. The van der Waals surface area contributed by atoms with Crippen molar-refractivity contribution in [2.24, 2.45) is 46.6 Å². The van der Waals surface area contributed by atoms with Gasteiger partial charge in [-0.05, 0) is 86.5 Å². The van der Waals surface area contributed by atoms with E-state index >= 15 is 0 Å². The zero-order valence-corrected chi connectivity index (χ0v) is 14.2. The normalized spacial score (nSPS) is 47.2. The van der Waals surface area contributed by atoms with E-state index < -0.39 is 0 Å². The molecule has 0 aromatic rings. The Morgan fingerprint density at radius 2 is 1.96 bits per heavy atom. The molecule has 124 valence electrons. The molecule has 0 amide bonds. The number of terminal acetylenes is 1. The van der Waals surface area contributed by atoms with Crippen molar-refractivity contribution in [2.75, 3.05) is 0 Å². The molecule has 0 aliphatic heterocycles. The van der Waals surface area contributed by atoms with Gasteiger partial charge in [0.15, 0.2) is 0 Å². The average Bonchev–Trinajstić information content (AvgIpc) is 2.98. The second kappa shape index (κ2) is 6.00. The molecule has 0 saturated heterocycles. The van der Waals surface area contributed by atoms with E-state index in [0.29, 0.717) is 5.92 Å². The van der Waals surface area contributed by atoms with Crippen LogP contribution in [0.2, 0.25) is 0 Å². The van der Waals surface area contributed by atoms with Crippen LogP contribution in [0.25, 0.3) is 0 Å². The molecule has 0 heterocycles. The summed E-state index contributed by atoms with van der Waals surface area (Å²) in [5.74, 6) is 8.69. The lowest BCUT2D eigenvalue weighted by molar-refractivity contribution is 0.0455. The maximum Gasteiger partial charge on any atom is 0.0795 e. The number of hydrogen-bond donors (Lipinski definition) is 1. The van der Waals surface area contributed by atoms with E-state index in [1.807, 2.05) is 0 Å². The third-order valence-corrected chi connectivity index (χ3v) is 7.70. The van der Waals surface area contributed by atoms with Crippen molar-refractivity contribution < 1.29 is 5.21 Å². The summed E-state index contributed by atoms with van der Waals surface area (Å²) in [5.41, 5.74) is 2.46. The first-order chi connectivity index (χ1) is 11.3. The Balaban J connectivity index is 1.58. The quantitative estimate of drug-likeness (QED) is 0.417. The first-order valence-electron chi connectivity index (χ1n) is 9.64. The minimum Gasteiger partial charge on any atom is -0.411 e. The summed E-state index contributed by atoms with van der Waals surface area (Å²) in [6.07, 6.45) is 18.2. The third kappa shape index (κ3) is 2.35. The summed E-state index contributed by atoms with van der Waals surface area (Å²) in [6, 6.07) is 0. The topological polar surface area (TPSA) is 32.6 Å². The van der Waals surface area contributed by atoms with Gasteiger partial charge in [0.05, 0.1) is 5.71 Å². The molecule has 2 nitrogen and oxygen atoms in total. The maximum atomic E-state index is 9.07. The molecule has 7 atom stereocenters. The molecule has 0 bridgehead atoms. The Morgan fingerprint density at radius 1 is 1.13 bits per heavy atom. The van der Waals surface area contributed by atoms with E-state index in [4.69, 9.17) is 11.6 Å². The van der Waals surface area contributed by atoms with Crippen molar-refractivity contribution in [1.29, 1.82) is 0 Å². The molecule has 4 aliphatic rings. The second-order valence-electron chi connectivity index (χ2n) is 8.32. The average molecular weight is 311 g/mol. The lowest BCUT2D eigenvalue weighted by atomic mass is 9.55. The highest BCUT2D eigenvalue weighted by atomic mass is 16.4. The summed E-state index contributed by atoms with van der Waals surface area (Å²) in [6.45, 7) is 2.32. The number of fused-ring (bicyclic) bond motifs is 5. The summed E-state index contributed by atoms with van der Waals surface area (Å²) < 4.78 is 0. The van der Waals surface area contributed by atoms with Gasteiger partial charge in [-0.1, -0.05) is 24.1 Å². The molecule has 4 rings (SSSR count). The van der Waals surface area contributed by atoms with Crippen molar-refractivity contribution in [3.05, 3.63) is 11.6 Å². The fourth-order valence-corrected chi connectivity index (χ4v) is 6.74. The molecule has 23 heavy (non-hydrogen) atoms. The van der Waals surface area contributed by atoms with Gasteiger partial charge in [-0.25, -0.2) is 0 Å². The van der Waals surface area contributed by atoms with E-state index in [9.17, 15) is 0 Å². The van der Waals surface area contributed by atoms with Crippen LogP contribution in [0.5, 0.6) is 0 Å². The highest BCUT2D eigenvalue weighted by Crippen LogP contribution is 2.59. The summed E-state index contributed by atoms with van der Waals surface area (Å²) in [4.78, 5) is 0. The Labute approximate surface area is 140 Å². The third-order valence-electron chi connectivity index (χ3n) is 7.70. The molecular formula is C21H29NO. The first-order valence-corrected chi connectivity index (χ1v) is 9.64. The van der Waals surface area contributed by atoms with Crippen molar-refractivity contribution in [1.82, 2.24) is 0 Å². The van der Waals surface area contributed by atoms with Crippen LogP contribution in [-0.4, -0.2) is 10.9 Å². The van der Waals surface area contributed by atoms with Crippen molar-refractivity contribution in [3.8, 4) is 12.3 Å². The minimum atomic E-state index is 0.544. The molecular weight excluding hydrogens is 282 g/mol. The van der Waals surface area contributed by atoms with Gasteiger partial charge in [-0.3, -0.25) is 0 Å². The van der Waals surface area contributed by atoms with E-state index in [2.05, 4.69) is 24.1 Å². The summed E-state index contributed by atoms with van der Waals surface area (Å²) in [5, 5.41) is 12.5. The van der Waals surface area contributed by atoms with Gasteiger partial charge >= 0.3 is 0 Å². The molecule has 0 aromatic heterocycles. The van der Waals surface area contributed by atoms with E-state index in [0.717, 1.165) is 47.6 Å². The number of hydrogen-bond acceptors (Lipinski definition) is 2. The van der Waals surface area contributed by atoms with Crippen LogP contribution in [0.3, 0.4) is 0 Å². The molecule has 3 saturated carbocycles. The predicted molar refractivity (Wildman–Crippen MR) is 93.2 cm³/mol. The molecule has 0 spiro atoms. The van der Waals surface area contributed by atoms with Crippen LogP contribution in [0, 0.1) is 53.8 Å². The molecule has 0 aromatic carbocycles. The Morgan fingerprint density at radius 3 is 2.70 bits per heavy atom. The van der Waals surface area contributed by atoms with E-state index in [1.54, 1.807) is 5.57 Å². The molecule has 1 N–H and O–H groups in total. The van der Waals surface area contributed by atoms with Crippen LogP contribution >= 0.6 is 0 Å². The van der Waals surface area contributed by atoms with E-state index in [1.165, 1.54) is 44.9 Å². The second-order valence-corrected chi connectivity index (χ2v) is 8.32. The molecule has 0 radical (unpaired) electrons. The van der Waals surface area contributed by atoms with Crippen molar-refractivity contribution in [3.63, 3.8) is 0 Å². The van der Waals surface area contributed by atoms with Gasteiger partial charge in [0.1, 0.15) is 0 Å². The van der Waals surface area contributed by atoms with Gasteiger partial charge in [-0.2, -0.15) is 0 Å². The van der Waals surface area contributed by atoms with Gasteiger partial charge in [-0.15, -0.1) is 12.3 Å². The van der Waals surface area contributed by atoms with Crippen LogP contribution in [0.15, 0.2) is 16.8 Å². The Bertz CT molecular complexity index is 569. The number of allylic oxidation sites excluding steroid dienone is 2. The Hall–Kier alpha value is -1.23. The number of nitrogens with zero attached hydrogens (tertiary/aromatic N) is 1. The smallest absolute Gasteiger partial charge is 0.0795 e. The molecule has 2 heteroatoms. The predicted octanol–water partition coefficient (Wildman–Crippen LogP) is 4.88. The molecule has 3 fully saturated rings. The lowest BCUT2D eigenvalue weighted by Gasteiger charge is -2.49. The summed E-state index contributed by atoms with van der Waals surface area (Å²) in [7, 11) is 0. The Kier molecular flexibility index (Phi) is 4.00. The van der Waals surface area contributed by atoms with Gasteiger partial charge < -0.3 is 5.21 Å². The lowest BCUT2D eigenvalue weighted by Crippen LogP contribution is -2.41. The SMILES string of the molecule is C#C[C@@H]1C(CC)C[C@H]2[C@@H]3CCC4=CC(=NO)CC[C@@H]4[C@H]3CC[C@@H]21. The van der Waals surface area contributed by atoms with Crippen LogP contribution in [0.4, 0.5) is 0 Å². The highest BCUT2D eigenvalue weighted by Gasteiger charge is 2.52. The van der Waals surface area contributed by atoms with Crippen LogP contribution < -0.4 is 0 Å². The van der Waals surface area contributed by atoms with Crippen molar-refractivity contribution >= 4 is 5.71 Å². The van der Waals surface area contributed by atoms with Crippen LogP contribution in [0.1, 0.15) is 58.3 Å².